The van der Waals surface area contributed by atoms with Crippen LogP contribution in [0.4, 0.5) is 13.2 Å². The molecule has 6 nitrogen and oxygen atoms in total. The number of hydrogen-bond acceptors (Lipinski definition) is 6. The molecule has 0 saturated heterocycles. The molecule has 0 N–H and O–H groups in total. The molecule has 1 aliphatic carbocycles. The summed E-state index contributed by atoms with van der Waals surface area (Å²) in [6, 6.07) is 2.72. The molecule has 0 bridgehead atoms. The van der Waals surface area contributed by atoms with Crippen molar-refractivity contribution in [1.29, 1.82) is 0 Å². The van der Waals surface area contributed by atoms with Crippen LogP contribution in [0.1, 0.15) is 51.6 Å². The average Bonchev–Trinajstić information content (AvgIpc) is 3.30. The topological polar surface area (TPSA) is 92.5 Å². The Labute approximate surface area is 148 Å². The zero-order valence-electron chi connectivity index (χ0n) is 13.2. The molecule has 0 aliphatic heterocycles. The molecule has 0 amide bonds. The lowest BCUT2D eigenvalue weighted by Crippen LogP contribution is -2.12. The van der Waals surface area contributed by atoms with E-state index >= 15 is 0 Å². The fourth-order valence-corrected chi connectivity index (χ4v) is 2.84. The van der Waals surface area contributed by atoms with Crippen molar-refractivity contribution in [2.45, 2.75) is 31.4 Å². The molecule has 1 saturated carbocycles. The number of ketones is 1. The van der Waals surface area contributed by atoms with Crippen LogP contribution in [0.5, 0.6) is 0 Å². The smallest absolute Gasteiger partial charge is 0.416 e. The first kappa shape index (κ1) is 18.7. The van der Waals surface area contributed by atoms with E-state index in [-0.39, 0.29) is 35.6 Å². The van der Waals surface area contributed by atoms with Gasteiger partial charge in [0.25, 0.3) is 0 Å². The van der Waals surface area contributed by atoms with Gasteiger partial charge in [-0.15, -0.1) is 0 Å². The van der Waals surface area contributed by atoms with Crippen molar-refractivity contribution in [3.8, 4) is 0 Å². The van der Waals surface area contributed by atoms with Crippen LogP contribution in [-0.4, -0.2) is 26.3 Å². The summed E-state index contributed by atoms with van der Waals surface area (Å²) in [5.74, 6) is 0.0125. The van der Waals surface area contributed by atoms with Gasteiger partial charge in [-0.1, -0.05) is 11.2 Å². The van der Waals surface area contributed by atoms with E-state index in [0.29, 0.717) is 5.76 Å². The molecule has 1 fully saturated rings. The highest BCUT2D eigenvalue weighted by Gasteiger charge is 2.34. The number of carbonyl (C=O) groups excluding carboxylic acids is 1. The number of hydrogen-bond donors (Lipinski definition) is 0. The summed E-state index contributed by atoms with van der Waals surface area (Å²) in [6.07, 6.45) is -1.80. The van der Waals surface area contributed by atoms with E-state index in [1.165, 1.54) is 6.20 Å². The fourth-order valence-electron chi connectivity index (χ4n) is 2.62. The minimum absolute atomic E-state index is 0.0309. The number of alkyl halides is 3. The quantitative estimate of drug-likeness (QED) is 0.534. The summed E-state index contributed by atoms with van der Waals surface area (Å²) in [6.45, 7) is -0.378. The summed E-state index contributed by atoms with van der Waals surface area (Å²) in [5, 5.41) is 3.62. The lowest BCUT2D eigenvalue weighted by Gasteiger charge is -2.13. The lowest BCUT2D eigenvalue weighted by atomic mass is 9.94. The van der Waals surface area contributed by atoms with Gasteiger partial charge in [-0.2, -0.15) is 13.2 Å². The Balaban J connectivity index is 1.94. The third kappa shape index (κ3) is 4.19. The van der Waals surface area contributed by atoms with Crippen LogP contribution in [0.3, 0.4) is 0 Å². The van der Waals surface area contributed by atoms with Crippen molar-refractivity contribution in [1.82, 2.24) is 5.16 Å². The van der Waals surface area contributed by atoms with Crippen LogP contribution in [0.15, 0.2) is 28.9 Å². The van der Waals surface area contributed by atoms with Gasteiger partial charge in [0, 0.05) is 11.5 Å². The lowest BCUT2D eigenvalue weighted by molar-refractivity contribution is -0.137. The SMILES string of the molecule is O=C(c1ccc(C(F)(F)F)cc1CCOS(=O)[O-])c1cnoc1C1CC1. The van der Waals surface area contributed by atoms with Crippen molar-refractivity contribution in [3.63, 3.8) is 0 Å². The predicted molar refractivity (Wildman–Crippen MR) is 81.9 cm³/mol. The Morgan fingerprint density at radius 1 is 1.35 bits per heavy atom. The molecule has 1 unspecified atom stereocenters. The largest absolute Gasteiger partial charge is 0.750 e. The van der Waals surface area contributed by atoms with Gasteiger partial charge in [0.15, 0.2) is 11.5 Å². The Bertz CT molecular complexity index is 845. The first-order valence-electron chi connectivity index (χ1n) is 7.69. The standard InChI is InChI=1S/C16H14F3NO5S/c17-16(18,19)11-3-4-12(10(7-11)5-6-24-26(22)23)14(21)13-8-20-25-15(13)9-1-2-9/h3-4,7-9H,1-2,5-6H2,(H,22,23)/p-1. The summed E-state index contributed by atoms with van der Waals surface area (Å²) in [7, 11) is 0. The van der Waals surface area contributed by atoms with Crippen LogP contribution in [0.2, 0.25) is 0 Å². The fraction of sp³-hybridized carbons (Fsp3) is 0.375. The molecule has 2 aromatic rings. The minimum atomic E-state index is -4.59. The molecule has 1 atom stereocenters. The molecular weight excluding hydrogens is 375 g/mol. The van der Waals surface area contributed by atoms with Crippen molar-refractivity contribution in [3.05, 3.63) is 52.4 Å². The molecule has 0 spiro atoms. The highest BCUT2D eigenvalue weighted by atomic mass is 32.2. The molecule has 140 valence electrons. The first-order chi connectivity index (χ1) is 12.3. The van der Waals surface area contributed by atoms with Crippen molar-refractivity contribution >= 4 is 17.1 Å². The number of halogens is 3. The van der Waals surface area contributed by atoms with Gasteiger partial charge in [-0.25, -0.2) is 4.21 Å². The zero-order valence-corrected chi connectivity index (χ0v) is 14.1. The summed E-state index contributed by atoms with van der Waals surface area (Å²) >= 11 is -2.79. The minimum Gasteiger partial charge on any atom is -0.750 e. The van der Waals surface area contributed by atoms with E-state index in [1.54, 1.807) is 0 Å². The van der Waals surface area contributed by atoms with Crippen molar-refractivity contribution in [2.75, 3.05) is 6.61 Å². The zero-order chi connectivity index (χ0) is 18.9. The Morgan fingerprint density at radius 2 is 2.08 bits per heavy atom. The van der Waals surface area contributed by atoms with E-state index in [0.717, 1.165) is 31.0 Å². The van der Waals surface area contributed by atoms with Gasteiger partial charge in [-0.3, -0.25) is 4.79 Å². The van der Waals surface area contributed by atoms with E-state index in [2.05, 4.69) is 9.34 Å². The molecule has 1 aliphatic rings. The van der Waals surface area contributed by atoms with Crippen LogP contribution in [-0.2, 0) is 28.1 Å². The van der Waals surface area contributed by atoms with E-state index in [4.69, 9.17) is 4.52 Å². The van der Waals surface area contributed by atoms with Crippen LogP contribution in [0, 0.1) is 0 Å². The number of rotatable bonds is 7. The van der Waals surface area contributed by atoms with E-state index in [9.17, 15) is 26.7 Å². The van der Waals surface area contributed by atoms with E-state index in [1.807, 2.05) is 0 Å². The maximum absolute atomic E-state index is 13.0. The molecule has 26 heavy (non-hydrogen) atoms. The molecule has 1 heterocycles. The van der Waals surface area contributed by atoms with Crippen LogP contribution >= 0.6 is 0 Å². The average molecular weight is 388 g/mol. The van der Waals surface area contributed by atoms with Gasteiger partial charge in [0.05, 0.1) is 35.3 Å². The highest BCUT2D eigenvalue weighted by Crippen LogP contribution is 2.42. The van der Waals surface area contributed by atoms with Crippen molar-refractivity contribution < 1.29 is 35.4 Å². The first-order valence-corrected chi connectivity index (χ1v) is 8.69. The van der Waals surface area contributed by atoms with Gasteiger partial charge in [0.2, 0.25) is 0 Å². The third-order valence-electron chi connectivity index (χ3n) is 4.02. The molecule has 0 radical (unpaired) electrons. The summed E-state index contributed by atoms with van der Waals surface area (Å²) in [4.78, 5) is 12.8. The highest BCUT2D eigenvalue weighted by molar-refractivity contribution is 7.74. The number of benzene rings is 1. The van der Waals surface area contributed by atoms with Crippen molar-refractivity contribution in [2.24, 2.45) is 0 Å². The molecular formula is C16H13F3NO5S-. The summed E-state index contributed by atoms with van der Waals surface area (Å²) in [5.41, 5.74) is -0.650. The maximum Gasteiger partial charge on any atom is 0.416 e. The second-order valence-corrected chi connectivity index (χ2v) is 6.50. The Hall–Kier alpha value is -2.04. The van der Waals surface area contributed by atoms with Crippen LogP contribution < -0.4 is 0 Å². The second-order valence-electron chi connectivity index (χ2n) is 5.85. The molecule has 3 rings (SSSR count). The number of carbonyl (C=O) groups is 1. The monoisotopic (exact) mass is 388 g/mol. The molecule has 1 aromatic heterocycles. The van der Waals surface area contributed by atoms with Gasteiger partial charge >= 0.3 is 6.18 Å². The molecule has 10 heteroatoms. The van der Waals surface area contributed by atoms with E-state index < -0.39 is 28.9 Å². The second kappa shape index (κ2) is 7.29. The van der Waals surface area contributed by atoms with Gasteiger partial charge in [-0.05, 0) is 37.0 Å². The molecule has 1 aromatic carbocycles. The number of nitrogens with zero attached hydrogens (tertiary/aromatic N) is 1. The Kier molecular flexibility index (Phi) is 5.26. The number of aromatic nitrogens is 1. The van der Waals surface area contributed by atoms with Gasteiger partial charge < -0.3 is 13.3 Å². The normalized spacial score (nSPS) is 15.8. The maximum atomic E-state index is 13.0. The Morgan fingerprint density at radius 3 is 2.69 bits per heavy atom. The predicted octanol–water partition coefficient (Wildman–Crippen LogP) is 3.16. The third-order valence-corrected chi connectivity index (χ3v) is 4.38. The summed E-state index contributed by atoms with van der Waals surface area (Å²) < 4.78 is 69.3. The van der Waals surface area contributed by atoms with Gasteiger partial charge in [0.1, 0.15) is 0 Å². The van der Waals surface area contributed by atoms with Crippen LogP contribution in [0.25, 0.3) is 0 Å².